The molecule has 2 heterocycles. The molecule has 0 aliphatic carbocycles. The summed E-state index contributed by atoms with van der Waals surface area (Å²) in [6.45, 7) is 3.47. The van der Waals surface area contributed by atoms with Gasteiger partial charge in [-0.1, -0.05) is 17.3 Å². The molecule has 7 heteroatoms. The summed E-state index contributed by atoms with van der Waals surface area (Å²) >= 11 is 0. The summed E-state index contributed by atoms with van der Waals surface area (Å²) in [5, 5.41) is 5.20. The third-order valence-corrected chi connectivity index (χ3v) is 4.73. The first-order chi connectivity index (χ1) is 13.2. The molecule has 0 atom stereocenters. The van der Waals surface area contributed by atoms with E-state index in [1.165, 1.54) is 24.3 Å². The fraction of sp³-hybridized carbons (Fsp3) is 0.300. The summed E-state index contributed by atoms with van der Waals surface area (Å²) in [5.41, 5.74) is 1.71. The maximum absolute atomic E-state index is 12.9. The third kappa shape index (κ3) is 4.09. The van der Waals surface area contributed by atoms with Gasteiger partial charge in [0.15, 0.2) is 12.2 Å². The van der Waals surface area contributed by atoms with Gasteiger partial charge in [-0.05, 0) is 36.4 Å². The molecular formula is C20H20FN3O3. The Bertz CT molecular complexity index is 918. The van der Waals surface area contributed by atoms with Crippen molar-refractivity contribution in [2.45, 2.75) is 6.54 Å². The van der Waals surface area contributed by atoms with Gasteiger partial charge in [-0.25, -0.2) is 4.39 Å². The number of piperazine rings is 1. The molecular weight excluding hydrogens is 349 g/mol. The molecule has 0 saturated carbocycles. The molecule has 1 aromatic heterocycles. The van der Waals surface area contributed by atoms with Gasteiger partial charge in [-0.2, -0.15) is 0 Å². The van der Waals surface area contributed by atoms with E-state index in [1.54, 1.807) is 4.90 Å². The summed E-state index contributed by atoms with van der Waals surface area (Å²) in [4.78, 5) is 16.4. The molecule has 0 N–H and O–H groups in total. The van der Waals surface area contributed by atoms with Gasteiger partial charge >= 0.3 is 0 Å². The van der Waals surface area contributed by atoms with Crippen molar-refractivity contribution in [1.82, 2.24) is 15.0 Å². The Kier molecular flexibility index (Phi) is 5.02. The molecule has 1 fully saturated rings. The van der Waals surface area contributed by atoms with Gasteiger partial charge < -0.3 is 14.2 Å². The van der Waals surface area contributed by atoms with E-state index in [0.29, 0.717) is 25.4 Å². The lowest BCUT2D eigenvalue weighted by molar-refractivity contribution is -0.135. The van der Waals surface area contributed by atoms with Crippen LogP contribution in [0.15, 0.2) is 53.1 Å². The van der Waals surface area contributed by atoms with E-state index in [-0.39, 0.29) is 18.3 Å². The minimum absolute atomic E-state index is 0.0421. The Morgan fingerprint density at radius 3 is 2.59 bits per heavy atom. The van der Waals surface area contributed by atoms with Crippen molar-refractivity contribution in [1.29, 1.82) is 0 Å². The number of fused-ring (bicyclic) bond motifs is 1. The number of hydrogen-bond donors (Lipinski definition) is 0. The number of amides is 1. The van der Waals surface area contributed by atoms with E-state index in [2.05, 4.69) is 10.1 Å². The summed E-state index contributed by atoms with van der Waals surface area (Å²) in [7, 11) is 0. The Morgan fingerprint density at radius 1 is 1.07 bits per heavy atom. The van der Waals surface area contributed by atoms with Crippen LogP contribution in [0.2, 0.25) is 0 Å². The van der Waals surface area contributed by atoms with Gasteiger partial charge in [0.1, 0.15) is 17.3 Å². The zero-order valence-electron chi connectivity index (χ0n) is 14.8. The van der Waals surface area contributed by atoms with Crippen molar-refractivity contribution < 1.29 is 18.4 Å². The van der Waals surface area contributed by atoms with Crippen molar-refractivity contribution in [3.05, 3.63) is 60.0 Å². The Morgan fingerprint density at radius 2 is 1.81 bits per heavy atom. The highest BCUT2D eigenvalue weighted by Gasteiger charge is 2.22. The molecule has 1 amide bonds. The van der Waals surface area contributed by atoms with Crippen LogP contribution in [-0.4, -0.2) is 53.6 Å². The van der Waals surface area contributed by atoms with Crippen LogP contribution in [0.25, 0.3) is 11.0 Å². The monoisotopic (exact) mass is 369 g/mol. The minimum Gasteiger partial charge on any atom is -0.484 e. The standard InChI is InChI=1S/C20H20FN3O3/c21-15-5-7-16(8-6-15)26-14-20(25)24-11-9-23(10-12-24)13-18-17-3-1-2-4-19(17)27-22-18/h1-8H,9-14H2. The van der Waals surface area contributed by atoms with E-state index in [9.17, 15) is 9.18 Å². The van der Waals surface area contributed by atoms with E-state index < -0.39 is 0 Å². The van der Waals surface area contributed by atoms with Gasteiger partial charge in [0.2, 0.25) is 0 Å². The van der Waals surface area contributed by atoms with Gasteiger partial charge in [0.05, 0.1) is 0 Å². The number of para-hydroxylation sites is 1. The van der Waals surface area contributed by atoms with Gasteiger partial charge in [0, 0.05) is 38.1 Å². The molecule has 27 heavy (non-hydrogen) atoms. The Hall–Kier alpha value is -2.93. The van der Waals surface area contributed by atoms with Crippen LogP contribution in [-0.2, 0) is 11.3 Å². The topological polar surface area (TPSA) is 58.8 Å². The molecule has 0 radical (unpaired) electrons. The highest BCUT2D eigenvalue weighted by Crippen LogP contribution is 2.20. The smallest absolute Gasteiger partial charge is 0.260 e. The zero-order chi connectivity index (χ0) is 18.6. The van der Waals surface area contributed by atoms with Crippen molar-refractivity contribution in [3.8, 4) is 5.75 Å². The minimum atomic E-state index is -0.329. The van der Waals surface area contributed by atoms with Crippen LogP contribution in [0.5, 0.6) is 5.75 Å². The molecule has 0 unspecified atom stereocenters. The van der Waals surface area contributed by atoms with E-state index >= 15 is 0 Å². The van der Waals surface area contributed by atoms with E-state index in [0.717, 1.165) is 29.8 Å². The number of hydrogen-bond acceptors (Lipinski definition) is 5. The number of carbonyl (C=O) groups is 1. The highest BCUT2D eigenvalue weighted by molar-refractivity contribution is 5.79. The van der Waals surface area contributed by atoms with Gasteiger partial charge in [-0.3, -0.25) is 9.69 Å². The molecule has 3 aromatic rings. The second-order valence-corrected chi connectivity index (χ2v) is 6.52. The first kappa shape index (κ1) is 17.5. The lowest BCUT2D eigenvalue weighted by atomic mass is 10.2. The first-order valence-corrected chi connectivity index (χ1v) is 8.91. The van der Waals surface area contributed by atoms with Crippen molar-refractivity contribution in [3.63, 3.8) is 0 Å². The van der Waals surface area contributed by atoms with Crippen LogP contribution in [0.3, 0.4) is 0 Å². The molecule has 1 aliphatic rings. The first-order valence-electron chi connectivity index (χ1n) is 8.91. The summed E-state index contributed by atoms with van der Waals surface area (Å²) in [5.74, 6) is 0.0943. The molecule has 0 spiro atoms. The summed E-state index contributed by atoms with van der Waals surface area (Å²) in [6.07, 6.45) is 0. The Balaban J connectivity index is 1.27. The van der Waals surface area contributed by atoms with Gasteiger partial charge in [0.25, 0.3) is 5.91 Å². The normalized spacial score (nSPS) is 15.2. The molecule has 0 bridgehead atoms. The lowest BCUT2D eigenvalue weighted by Crippen LogP contribution is -2.49. The van der Waals surface area contributed by atoms with Crippen LogP contribution in [0, 0.1) is 5.82 Å². The van der Waals surface area contributed by atoms with Crippen molar-refractivity contribution in [2.24, 2.45) is 0 Å². The largest absolute Gasteiger partial charge is 0.484 e. The maximum Gasteiger partial charge on any atom is 0.260 e. The average Bonchev–Trinajstić information content (AvgIpc) is 3.11. The van der Waals surface area contributed by atoms with Crippen LogP contribution in [0.4, 0.5) is 4.39 Å². The number of benzene rings is 2. The predicted octanol–water partition coefficient (Wildman–Crippen LogP) is 2.69. The third-order valence-electron chi connectivity index (χ3n) is 4.73. The second kappa shape index (κ2) is 7.75. The number of rotatable bonds is 5. The fourth-order valence-electron chi connectivity index (χ4n) is 3.19. The number of halogens is 1. The lowest BCUT2D eigenvalue weighted by Gasteiger charge is -2.34. The predicted molar refractivity (Wildman–Crippen MR) is 97.8 cm³/mol. The van der Waals surface area contributed by atoms with Crippen molar-refractivity contribution in [2.75, 3.05) is 32.8 Å². The molecule has 1 saturated heterocycles. The molecule has 1 aliphatic heterocycles. The van der Waals surface area contributed by atoms with Gasteiger partial charge in [-0.15, -0.1) is 0 Å². The molecule has 140 valence electrons. The van der Waals surface area contributed by atoms with Crippen molar-refractivity contribution >= 4 is 16.9 Å². The molecule has 2 aromatic carbocycles. The SMILES string of the molecule is O=C(COc1ccc(F)cc1)N1CCN(Cc2noc3ccccc23)CC1. The number of aromatic nitrogens is 1. The zero-order valence-corrected chi connectivity index (χ0v) is 14.8. The highest BCUT2D eigenvalue weighted by atomic mass is 19.1. The molecule has 4 rings (SSSR count). The number of nitrogens with zero attached hydrogens (tertiary/aromatic N) is 3. The van der Waals surface area contributed by atoms with E-state index in [1.807, 2.05) is 24.3 Å². The number of ether oxygens (including phenoxy) is 1. The molecule has 6 nitrogen and oxygen atoms in total. The van der Waals surface area contributed by atoms with Crippen LogP contribution < -0.4 is 4.74 Å². The fourth-order valence-corrected chi connectivity index (χ4v) is 3.19. The quantitative estimate of drug-likeness (QED) is 0.692. The number of carbonyl (C=O) groups excluding carboxylic acids is 1. The average molecular weight is 369 g/mol. The summed E-state index contributed by atoms with van der Waals surface area (Å²) in [6, 6.07) is 13.5. The van der Waals surface area contributed by atoms with E-state index in [4.69, 9.17) is 9.26 Å². The second-order valence-electron chi connectivity index (χ2n) is 6.52. The van der Waals surface area contributed by atoms with Crippen LogP contribution in [0.1, 0.15) is 5.69 Å². The maximum atomic E-state index is 12.9. The summed E-state index contributed by atoms with van der Waals surface area (Å²) < 4.78 is 23.7. The van der Waals surface area contributed by atoms with Crippen LogP contribution >= 0.6 is 0 Å². The Labute approximate surface area is 156 Å².